The van der Waals surface area contributed by atoms with Gasteiger partial charge in [0.15, 0.2) is 17.3 Å². The van der Waals surface area contributed by atoms with Gasteiger partial charge in [0.25, 0.3) is 0 Å². The predicted molar refractivity (Wildman–Crippen MR) is 123 cm³/mol. The van der Waals surface area contributed by atoms with Crippen molar-refractivity contribution in [2.45, 2.75) is 37.8 Å². The lowest BCUT2D eigenvalue weighted by Gasteiger charge is -2.29. The average molecular weight is 475 g/mol. The molecule has 10 heteroatoms. The van der Waals surface area contributed by atoms with Gasteiger partial charge in [-0.15, -0.1) is 0 Å². The summed E-state index contributed by atoms with van der Waals surface area (Å²) in [4.78, 5) is 20.0. The molecule has 0 aliphatic heterocycles. The second-order valence-corrected chi connectivity index (χ2v) is 8.10. The van der Waals surface area contributed by atoms with Crippen molar-refractivity contribution >= 4 is 40.1 Å². The SMILES string of the molecule is COC(=O)N[C@H]1CC[C@@H](Oc2cc3c(Nc4cccc(Cl)c4F)ncnc3cc2OC)CC1. The molecule has 0 radical (unpaired) electrons. The zero-order valence-corrected chi connectivity index (χ0v) is 19.0. The normalized spacial score (nSPS) is 17.9. The van der Waals surface area contributed by atoms with Crippen molar-refractivity contribution in [3.8, 4) is 11.5 Å². The van der Waals surface area contributed by atoms with Crippen molar-refractivity contribution in [1.82, 2.24) is 15.3 Å². The number of alkyl carbamates (subject to hydrolysis) is 1. The highest BCUT2D eigenvalue weighted by Crippen LogP contribution is 2.37. The summed E-state index contributed by atoms with van der Waals surface area (Å²) in [5.74, 6) is 0.933. The first-order chi connectivity index (χ1) is 16.0. The number of carbonyl (C=O) groups excluding carboxylic acids is 1. The first kappa shape index (κ1) is 22.8. The Bertz CT molecular complexity index is 1150. The molecule has 2 N–H and O–H groups in total. The number of amides is 1. The van der Waals surface area contributed by atoms with E-state index < -0.39 is 11.9 Å². The lowest BCUT2D eigenvalue weighted by Crippen LogP contribution is -2.39. The first-order valence-electron chi connectivity index (χ1n) is 10.5. The number of nitrogens with one attached hydrogen (secondary N) is 2. The van der Waals surface area contributed by atoms with E-state index in [1.54, 1.807) is 31.4 Å². The van der Waals surface area contributed by atoms with Gasteiger partial charge < -0.3 is 24.8 Å². The van der Waals surface area contributed by atoms with E-state index in [9.17, 15) is 9.18 Å². The molecule has 1 saturated carbocycles. The summed E-state index contributed by atoms with van der Waals surface area (Å²) in [6.07, 6.45) is 4.01. The van der Waals surface area contributed by atoms with Crippen molar-refractivity contribution in [3.63, 3.8) is 0 Å². The Balaban J connectivity index is 1.57. The molecule has 0 unspecified atom stereocenters. The van der Waals surface area contributed by atoms with E-state index in [1.807, 2.05) is 0 Å². The molecule has 1 amide bonds. The van der Waals surface area contributed by atoms with E-state index in [4.69, 9.17) is 21.1 Å². The van der Waals surface area contributed by atoms with Crippen LogP contribution in [-0.4, -0.2) is 42.4 Å². The quantitative estimate of drug-likeness (QED) is 0.505. The minimum atomic E-state index is -0.562. The van der Waals surface area contributed by atoms with Crippen molar-refractivity contribution in [2.75, 3.05) is 19.5 Å². The molecule has 0 atom stereocenters. The van der Waals surface area contributed by atoms with E-state index in [0.29, 0.717) is 28.2 Å². The summed E-state index contributed by atoms with van der Waals surface area (Å²) in [5.41, 5.74) is 0.822. The van der Waals surface area contributed by atoms with Crippen LogP contribution in [0.4, 0.5) is 20.7 Å². The Hall–Kier alpha value is -3.33. The van der Waals surface area contributed by atoms with Crippen LogP contribution in [0.5, 0.6) is 11.5 Å². The number of ether oxygens (including phenoxy) is 3. The summed E-state index contributed by atoms with van der Waals surface area (Å²) in [6, 6.07) is 8.32. The fourth-order valence-electron chi connectivity index (χ4n) is 3.87. The van der Waals surface area contributed by atoms with Crippen LogP contribution in [0.15, 0.2) is 36.7 Å². The lowest BCUT2D eigenvalue weighted by molar-refractivity contribution is 0.126. The van der Waals surface area contributed by atoms with E-state index in [1.165, 1.54) is 19.5 Å². The monoisotopic (exact) mass is 474 g/mol. The Morgan fingerprint density at radius 3 is 2.64 bits per heavy atom. The van der Waals surface area contributed by atoms with Crippen LogP contribution in [0, 0.1) is 5.82 Å². The number of nitrogens with zero attached hydrogens (tertiary/aromatic N) is 2. The summed E-state index contributed by atoms with van der Waals surface area (Å²) < 4.78 is 30.9. The lowest BCUT2D eigenvalue weighted by atomic mass is 9.93. The Morgan fingerprint density at radius 2 is 1.91 bits per heavy atom. The number of halogens is 2. The van der Waals surface area contributed by atoms with Gasteiger partial charge in [-0.1, -0.05) is 17.7 Å². The highest BCUT2D eigenvalue weighted by Gasteiger charge is 2.25. The third-order valence-electron chi connectivity index (χ3n) is 5.60. The maximum atomic E-state index is 14.4. The third-order valence-corrected chi connectivity index (χ3v) is 5.89. The third kappa shape index (κ3) is 5.19. The topological polar surface area (TPSA) is 94.6 Å². The second kappa shape index (κ2) is 10.1. The zero-order valence-electron chi connectivity index (χ0n) is 18.2. The van der Waals surface area contributed by atoms with Gasteiger partial charge in [0.2, 0.25) is 0 Å². The number of aromatic nitrogens is 2. The number of hydrogen-bond acceptors (Lipinski definition) is 7. The summed E-state index contributed by atoms with van der Waals surface area (Å²) in [7, 11) is 2.91. The predicted octanol–water partition coefficient (Wildman–Crippen LogP) is 5.22. The van der Waals surface area contributed by atoms with Crippen LogP contribution in [0.3, 0.4) is 0 Å². The van der Waals surface area contributed by atoms with E-state index in [-0.39, 0.29) is 22.9 Å². The van der Waals surface area contributed by atoms with Gasteiger partial charge in [-0.05, 0) is 43.9 Å². The fraction of sp³-hybridized carbons (Fsp3) is 0.348. The van der Waals surface area contributed by atoms with Gasteiger partial charge >= 0.3 is 6.09 Å². The fourth-order valence-corrected chi connectivity index (χ4v) is 4.05. The minimum absolute atomic E-state index is 0.0151. The van der Waals surface area contributed by atoms with Gasteiger partial charge in [0, 0.05) is 17.5 Å². The van der Waals surface area contributed by atoms with Crippen molar-refractivity contribution in [1.29, 1.82) is 0 Å². The molecule has 3 aromatic rings. The van der Waals surface area contributed by atoms with Crippen molar-refractivity contribution < 1.29 is 23.4 Å². The molecule has 1 heterocycles. The largest absolute Gasteiger partial charge is 0.493 e. The van der Waals surface area contributed by atoms with E-state index in [0.717, 1.165) is 25.7 Å². The first-order valence-corrected chi connectivity index (χ1v) is 10.9. The van der Waals surface area contributed by atoms with Crippen LogP contribution < -0.4 is 20.1 Å². The van der Waals surface area contributed by atoms with Gasteiger partial charge in [-0.2, -0.15) is 0 Å². The molecule has 33 heavy (non-hydrogen) atoms. The Labute approximate surface area is 195 Å². The van der Waals surface area contributed by atoms with Crippen LogP contribution in [-0.2, 0) is 4.74 Å². The van der Waals surface area contributed by atoms with Crippen molar-refractivity contribution in [3.05, 3.63) is 47.5 Å². The Morgan fingerprint density at radius 1 is 1.12 bits per heavy atom. The maximum Gasteiger partial charge on any atom is 0.407 e. The van der Waals surface area contributed by atoms with Crippen molar-refractivity contribution in [2.24, 2.45) is 0 Å². The molecular weight excluding hydrogens is 451 g/mol. The van der Waals surface area contributed by atoms with Gasteiger partial charge in [0.05, 0.1) is 36.6 Å². The van der Waals surface area contributed by atoms with Gasteiger partial charge in [0.1, 0.15) is 12.1 Å². The molecule has 2 aromatic carbocycles. The Kier molecular flexibility index (Phi) is 6.98. The van der Waals surface area contributed by atoms with E-state index in [2.05, 4.69) is 25.3 Å². The molecular formula is C23H24ClFN4O4. The minimum Gasteiger partial charge on any atom is -0.493 e. The number of methoxy groups -OCH3 is 2. The number of rotatable bonds is 6. The molecule has 0 saturated heterocycles. The second-order valence-electron chi connectivity index (χ2n) is 7.70. The molecule has 174 valence electrons. The highest BCUT2D eigenvalue weighted by atomic mass is 35.5. The number of fused-ring (bicyclic) bond motifs is 1. The molecule has 1 fully saturated rings. The smallest absolute Gasteiger partial charge is 0.407 e. The average Bonchev–Trinajstić information content (AvgIpc) is 2.83. The van der Waals surface area contributed by atoms with Gasteiger partial charge in [-0.25, -0.2) is 19.2 Å². The van der Waals surface area contributed by atoms with E-state index >= 15 is 0 Å². The molecule has 0 bridgehead atoms. The number of benzene rings is 2. The molecule has 1 aliphatic carbocycles. The summed E-state index contributed by atoms with van der Waals surface area (Å²) in [5, 5.41) is 6.49. The number of carbonyl (C=O) groups is 1. The summed E-state index contributed by atoms with van der Waals surface area (Å²) in [6.45, 7) is 0. The zero-order chi connectivity index (χ0) is 23.4. The molecule has 1 aromatic heterocycles. The molecule has 1 aliphatic rings. The van der Waals surface area contributed by atoms with Gasteiger partial charge in [-0.3, -0.25) is 0 Å². The highest BCUT2D eigenvalue weighted by molar-refractivity contribution is 6.31. The standard InChI is InChI=1S/C23H24ClFN4O4/c1-31-19-11-18-15(22(27-12-26-18)29-17-5-3-4-16(24)21(17)25)10-20(19)33-14-8-6-13(7-9-14)28-23(30)32-2/h3-5,10-14H,6-9H2,1-2H3,(H,28,30)(H,26,27,29)/t13-,14+. The molecule has 0 spiro atoms. The van der Waals surface area contributed by atoms with Crippen LogP contribution >= 0.6 is 11.6 Å². The van der Waals surface area contributed by atoms with Crippen LogP contribution in [0.25, 0.3) is 10.9 Å². The van der Waals surface area contributed by atoms with Crippen LogP contribution in [0.2, 0.25) is 5.02 Å². The number of anilines is 2. The number of hydrogen-bond donors (Lipinski definition) is 2. The maximum absolute atomic E-state index is 14.4. The van der Waals surface area contributed by atoms with Crippen LogP contribution in [0.1, 0.15) is 25.7 Å². The molecule has 8 nitrogen and oxygen atoms in total. The molecule has 4 rings (SSSR count). The summed E-state index contributed by atoms with van der Waals surface area (Å²) >= 11 is 5.90.